The van der Waals surface area contributed by atoms with Crippen molar-refractivity contribution < 1.29 is 9.59 Å². The summed E-state index contributed by atoms with van der Waals surface area (Å²) in [5.74, 6) is 1.28. The third-order valence-electron chi connectivity index (χ3n) is 5.13. The zero-order valence-corrected chi connectivity index (χ0v) is 16.1. The van der Waals surface area contributed by atoms with Gasteiger partial charge in [0.25, 0.3) is 0 Å². The third kappa shape index (κ3) is 4.00. The van der Waals surface area contributed by atoms with Crippen molar-refractivity contribution in [2.24, 2.45) is 5.92 Å². The zero-order valence-electron chi connectivity index (χ0n) is 15.3. The van der Waals surface area contributed by atoms with Gasteiger partial charge in [-0.3, -0.25) is 19.6 Å². The molecule has 1 aliphatic heterocycles. The predicted octanol–water partition coefficient (Wildman–Crippen LogP) is 3.00. The lowest BCUT2D eigenvalue weighted by molar-refractivity contribution is -0.121. The molecular weight excluding hydrogens is 362 g/mol. The highest BCUT2D eigenvalue weighted by Gasteiger charge is 2.30. The topological polar surface area (TPSA) is 91.0 Å². The summed E-state index contributed by atoms with van der Waals surface area (Å²) in [6.45, 7) is 1.86. The lowest BCUT2D eigenvalue weighted by atomic mass is 10.0. The van der Waals surface area contributed by atoms with Crippen molar-refractivity contribution in [3.05, 3.63) is 30.1 Å². The number of nitrogens with zero attached hydrogens (tertiary/aromatic N) is 3. The highest BCUT2D eigenvalue weighted by Crippen LogP contribution is 2.32. The average Bonchev–Trinajstić information content (AvgIpc) is 3.33. The Balaban J connectivity index is 1.42. The first-order chi connectivity index (χ1) is 13.1. The van der Waals surface area contributed by atoms with E-state index in [1.165, 1.54) is 42.3 Å². The van der Waals surface area contributed by atoms with Crippen molar-refractivity contribution >= 4 is 35.0 Å². The number of fused-ring (bicyclic) bond motifs is 1. The molecule has 1 aliphatic carbocycles. The minimum atomic E-state index is -0.390. The molecule has 2 aliphatic rings. The van der Waals surface area contributed by atoms with E-state index in [1.807, 2.05) is 25.1 Å². The van der Waals surface area contributed by atoms with Gasteiger partial charge in [-0.2, -0.15) is 0 Å². The molecule has 0 radical (unpaired) electrons. The fourth-order valence-corrected chi connectivity index (χ4v) is 4.57. The Hall–Kier alpha value is -2.35. The van der Waals surface area contributed by atoms with Crippen molar-refractivity contribution in [2.45, 2.75) is 49.4 Å². The van der Waals surface area contributed by atoms with Gasteiger partial charge in [0.1, 0.15) is 12.4 Å². The van der Waals surface area contributed by atoms with Crippen LogP contribution in [0.25, 0.3) is 0 Å². The van der Waals surface area contributed by atoms with Crippen LogP contribution < -0.4 is 10.2 Å². The van der Waals surface area contributed by atoms with Gasteiger partial charge in [0, 0.05) is 6.42 Å². The number of aromatic nitrogens is 3. The first-order valence-electron chi connectivity index (χ1n) is 9.38. The van der Waals surface area contributed by atoms with E-state index in [0.29, 0.717) is 16.8 Å². The third-order valence-corrected chi connectivity index (χ3v) is 6.08. The van der Waals surface area contributed by atoms with E-state index in [0.717, 1.165) is 17.9 Å². The van der Waals surface area contributed by atoms with Gasteiger partial charge < -0.3 is 5.32 Å². The Morgan fingerprint density at radius 2 is 2.11 bits per heavy atom. The molecule has 2 heterocycles. The monoisotopic (exact) mass is 385 g/mol. The Morgan fingerprint density at radius 3 is 2.93 bits per heavy atom. The number of carbonyl (C=O) groups excluding carboxylic acids is 2. The number of nitrogens with one attached hydrogen (secondary N) is 2. The van der Waals surface area contributed by atoms with Crippen molar-refractivity contribution in [3.63, 3.8) is 0 Å². The van der Waals surface area contributed by atoms with Crippen molar-refractivity contribution in [3.8, 4) is 0 Å². The van der Waals surface area contributed by atoms with Gasteiger partial charge in [-0.25, -0.2) is 4.98 Å². The van der Waals surface area contributed by atoms with Crippen molar-refractivity contribution in [1.29, 1.82) is 0 Å². The number of para-hydroxylation sites is 2. The van der Waals surface area contributed by atoms with Crippen molar-refractivity contribution in [1.82, 2.24) is 15.2 Å². The van der Waals surface area contributed by atoms with Crippen LogP contribution in [0.3, 0.4) is 0 Å². The van der Waals surface area contributed by atoms with Crippen LogP contribution in [0.1, 0.15) is 38.4 Å². The van der Waals surface area contributed by atoms with Crippen LogP contribution in [-0.2, 0) is 16.0 Å². The summed E-state index contributed by atoms with van der Waals surface area (Å²) in [6.07, 6.45) is 6.05. The summed E-state index contributed by atoms with van der Waals surface area (Å²) < 4.78 is 0. The molecule has 2 aromatic rings. The molecule has 1 unspecified atom stereocenters. The number of benzene rings is 1. The Kier molecular flexibility index (Phi) is 5.15. The minimum Gasteiger partial charge on any atom is -0.323 e. The lowest BCUT2D eigenvalue weighted by Crippen LogP contribution is -2.45. The van der Waals surface area contributed by atoms with E-state index in [-0.39, 0.29) is 23.6 Å². The second-order valence-corrected chi connectivity index (χ2v) is 8.48. The van der Waals surface area contributed by atoms with E-state index in [9.17, 15) is 9.59 Å². The summed E-state index contributed by atoms with van der Waals surface area (Å²) in [6, 6.07) is 7.34. The molecule has 4 rings (SSSR count). The van der Waals surface area contributed by atoms with Crippen molar-refractivity contribution in [2.75, 3.05) is 16.8 Å². The molecule has 2 amide bonds. The quantitative estimate of drug-likeness (QED) is 0.772. The van der Waals surface area contributed by atoms with Gasteiger partial charge in [-0.1, -0.05) is 49.6 Å². The number of rotatable bonds is 5. The highest BCUT2D eigenvalue weighted by atomic mass is 32.2. The molecule has 0 saturated heterocycles. The number of anilines is 2. The van der Waals surface area contributed by atoms with Crippen LogP contribution >= 0.6 is 11.8 Å². The largest absolute Gasteiger partial charge is 0.323 e. The first kappa shape index (κ1) is 18.0. The maximum absolute atomic E-state index is 13.0. The number of aromatic amines is 1. The van der Waals surface area contributed by atoms with Crippen LogP contribution in [0.15, 0.2) is 29.4 Å². The normalized spacial score (nSPS) is 18.3. The Morgan fingerprint density at radius 1 is 1.33 bits per heavy atom. The number of hydrogen-bond donors (Lipinski definition) is 2. The number of hydrogen-bond acceptors (Lipinski definition) is 5. The average molecular weight is 385 g/mol. The number of H-pyrrole nitrogens is 1. The molecule has 7 nitrogen and oxygen atoms in total. The molecule has 1 atom stereocenters. The molecule has 2 N–H and O–H groups in total. The van der Waals surface area contributed by atoms with Crippen LogP contribution in [0.5, 0.6) is 0 Å². The van der Waals surface area contributed by atoms with Crippen LogP contribution in [0, 0.1) is 5.92 Å². The predicted molar refractivity (Wildman–Crippen MR) is 105 cm³/mol. The van der Waals surface area contributed by atoms with Crippen LogP contribution in [-0.4, -0.2) is 38.8 Å². The van der Waals surface area contributed by atoms with E-state index in [1.54, 1.807) is 6.07 Å². The minimum absolute atomic E-state index is 0.0294. The fourth-order valence-electron chi connectivity index (χ4n) is 3.77. The molecule has 1 aromatic carbocycles. The molecule has 1 aromatic heterocycles. The SMILES string of the molecule is CC(Sc1n[nH]c(CC2CCCC2)n1)C(=O)N1CC(=O)Nc2ccccc21. The van der Waals surface area contributed by atoms with Gasteiger partial charge in [0.15, 0.2) is 0 Å². The summed E-state index contributed by atoms with van der Waals surface area (Å²) in [5, 5.41) is 10.3. The molecule has 1 fully saturated rings. The van der Waals surface area contributed by atoms with Gasteiger partial charge in [-0.05, 0) is 25.0 Å². The molecular formula is C19H23N5O2S. The molecule has 0 spiro atoms. The second-order valence-electron chi connectivity index (χ2n) is 7.17. The van der Waals surface area contributed by atoms with Crippen LogP contribution in [0.4, 0.5) is 11.4 Å². The summed E-state index contributed by atoms with van der Waals surface area (Å²) in [4.78, 5) is 31.0. The van der Waals surface area contributed by atoms with E-state index in [4.69, 9.17) is 0 Å². The Labute approximate surface area is 162 Å². The van der Waals surface area contributed by atoms with Gasteiger partial charge in [0.05, 0.1) is 16.6 Å². The molecule has 27 heavy (non-hydrogen) atoms. The van der Waals surface area contributed by atoms with E-state index < -0.39 is 0 Å². The molecule has 0 bridgehead atoms. The van der Waals surface area contributed by atoms with E-state index >= 15 is 0 Å². The number of thioether (sulfide) groups is 1. The zero-order chi connectivity index (χ0) is 18.8. The van der Waals surface area contributed by atoms with Gasteiger partial charge in [0.2, 0.25) is 17.0 Å². The Bertz CT molecular complexity index is 846. The highest BCUT2D eigenvalue weighted by molar-refractivity contribution is 8.00. The maximum atomic E-state index is 13.0. The van der Waals surface area contributed by atoms with Gasteiger partial charge in [-0.15, -0.1) is 5.10 Å². The summed E-state index contributed by atoms with van der Waals surface area (Å²) in [5.41, 5.74) is 1.39. The van der Waals surface area contributed by atoms with E-state index in [2.05, 4.69) is 20.5 Å². The fraction of sp³-hybridized carbons (Fsp3) is 0.474. The summed E-state index contributed by atoms with van der Waals surface area (Å²) >= 11 is 1.32. The van der Waals surface area contributed by atoms with Crippen LogP contribution in [0.2, 0.25) is 0 Å². The second kappa shape index (κ2) is 7.72. The maximum Gasteiger partial charge on any atom is 0.244 e. The number of carbonyl (C=O) groups is 2. The lowest BCUT2D eigenvalue weighted by Gasteiger charge is -2.30. The molecule has 8 heteroatoms. The molecule has 1 saturated carbocycles. The number of amides is 2. The van der Waals surface area contributed by atoms with Gasteiger partial charge >= 0.3 is 0 Å². The summed E-state index contributed by atoms with van der Waals surface area (Å²) in [7, 11) is 0. The first-order valence-corrected chi connectivity index (χ1v) is 10.3. The molecule has 142 valence electrons. The smallest absolute Gasteiger partial charge is 0.244 e. The standard InChI is InChI=1S/C19H23N5O2S/c1-12(27-19-21-16(22-23-19)10-13-6-2-3-7-13)18(26)24-11-17(25)20-14-8-4-5-9-15(14)24/h4-5,8-9,12-13H,2-3,6-7,10-11H2,1H3,(H,20,25)(H,21,22,23).